The van der Waals surface area contributed by atoms with Gasteiger partial charge in [-0.05, 0) is 18.6 Å². The number of nitrogens with zero attached hydrogens (tertiary/aromatic N) is 1. The predicted molar refractivity (Wildman–Crippen MR) is 54.0 cm³/mol. The van der Waals surface area contributed by atoms with Crippen molar-refractivity contribution >= 4 is 0 Å². The molecule has 0 spiro atoms. The summed E-state index contributed by atoms with van der Waals surface area (Å²) in [5, 5.41) is 0. The molecule has 90 valence electrons. The molecular formula is C10H13F3N2O. The summed E-state index contributed by atoms with van der Waals surface area (Å²) in [4.78, 5) is 11.4. The van der Waals surface area contributed by atoms with Gasteiger partial charge in [-0.2, -0.15) is 13.2 Å². The van der Waals surface area contributed by atoms with Crippen molar-refractivity contribution in [1.29, 1.82) is 0 Å². The number of hydrogen-bond donors (Lipinski definition) is 1. The third-order valence-electron chi connectivity index (χ3n) is 2.32. The number of alkyl halides is 3. The topological polar surface area (TPSA) is 48.0 Å². The maximum Gasteiger partial charge on any atom is 0.394 e. The van der Waals surface area contributed by atoms with E-state index in [9.17, 15) is 18.0 Å². The minimum atomic E-state index is -4.38. The molecule has 1 aromatic rings. The summed E-state index contributed by atoms with van der Waals surface area (Å²) >= 11 is 0. The molecule has 1 atom stereocenters. The van der Waals surface area contributed by atoms with Crippen LogP contribution in [0.2, 0.25) is 0 Å². The van der Waals surface area contributed by atoms with Gasteiger partial charge in [-0.25, -0.2) is 0 Å². The number of nitrogens with two attached hydrogens (primary N) is 1. The van der Waals surface area contributed by atoms with Crippen LogP contribution in [0.5, 0.6) is 0 Å². The predicted octanol–water partition coefficient (Wildman–Crippen LogP) is 1.29. The first-order valence-electron chi connectivity index (χ1n) is 4.78. The van der Waals surface area contributed by atoms with E-state index >= 15 is 0 Å². The zero-order valence-electron chi connectivity index (χ0n) is 8.79. The van der Waals surface area contributed by atoms with E-state index in [1.54, 1.807) is 13.0 Å². The van der Waals surface area contributed by atoms with Gasteiger partial charge in [0.1, 0.15) is 0 Å². The van der Waals surface area contributed by atoms with Crippen molar-refractivity contribution in [2.75, 3.05) is 6.54 Å². The molecule has 6 heteroatoms. The van der Waals surface area contributed by atoms with E-state index in [2.05, 4.69) is 0 Å². The lowest BCUT2D eigenvalue weighted by atomic mass is 10.1. The van der Waals surface area contributed by atoms with Crippen LogP contribution in [0.1, 0.15) is 5.56 Å². The van der Waals surface area contributed by atoms with Crippen LogP contribution in [-0.2, 0) is 6.54 Å². The number of rotatable bonds is 3. The highest BCUT2D eigenvalue weighted by atomic mass is 19.4. The van der Waals surface area contributed by atoms with Crippen LogP contribution >= 0.6 is 0 Å². The summed E-state index contributed by atoms with van der Waals surface area (Å²) in [6.45, 7) is 0.749. The maximum atomic E-state index is 12.4. The third-order valence-corrected chi connectivity index (χ3v) is 2.32. The maximum absolute atomic E-state index is 12.4. The van der Waals surface area contributed by atoms with Crippen LogP contribution < -0.4 is 11.3 Å². The highest BCUT2D eigenvalue weighted by Crippen LogP contribution is 2.26. The van der Waals surface area contributed by atoms with Gasteiger partial charge >= 0.3 is 6.18 Å². The van der Waals surface area contributed by atoms with Crippen molar-refractivity contribution < 1.29 is 13.2 Å². The molecule has 0 amide bonds. The molecule has 1 unspecified atom stereocenters. The quantitative estimate of drug-likeness (QED) is 0.856. The molecule has 0 saturated heterocycles. The number of aryl methyl sites for hydroxylation is 1. The number of pyridine rings is 1. The van der Waals surface area contributed by atoms with E-state index in [0.717, 1.165) is 10.1 Å². The Kier molecular flexibility index (Phi) is 3.74. The highest BCUT2D eigenvalue weighted by molar-refractivity contribution is 5.08. The average Bonchev–Trinajstić information content (AvgIpc) is 2.14. The Morgan fingerprint density at radius 3 is 2.56 bits per heavy atom. The smallest absolute Gasteiger partial charge is 0.330 e. The Morgan fingerprint density at radius 2 is 2.12 bits per heavy atom. The summed E-state index contributed by atoms with van der Waals surface area (Å²) in [7, 11) is 0. The van der Waals surface area contributed by atoms with Gasteiger partial charge in [-0.1, -0.05) is 0 Å². The van der Waals surface area contributed by atoms with Crippen molar-refractivity contribution in [3.63, 3.8) is 0 Å². The summed E-state index contributed by atoms with van der Waals surface area (Å²) in [5.74, 6) is -1.69. The number of halogens is 3. The Morgan fingerprint density at radius 1 is 1.50 bits per heavy atom. The Bertz CT molecular complexity index is 411. The molecule has 3 nitrogen and oxygen atoms in total. The van der Waals surface area contributed by atoms with Gasteiger partial charge < -0.3 is 10.3 Å². The second-order valence-corrected chi connectivity index (χ2v) is 3.67. The standard InChI is InChI=1S/C10H13F3N2O/c1-7-2-3-15(9(16)4-7)6-8(5-14)10(11,12)13/h2-4,8H,5-6,14H2,1H3. The van der Waals surface area contributed by atoms with Crippen molar-refractivity contribution in [2.24, 2.45) is 11.7 Å². The summed E-state index contributed by atoms with van der Waals surface area (Å²) in [6, 6.07) is 2.88. The molecular weight excluding hydrogens is 221 g/mol. The third kappa shape index (κ3) is 3.10. The zero-order chi connectivity index (χ0) is 12.3. The lowest BCUT2D eigenvalue weighted by Gasteiger charge is -2.19. The molecule has 0 aliphatic heterocycles. The fourth-order valence-corrected chi connectivity index (χ4v) is 1.31. The number of aromatic nitrogens is 1. The highest BCUT2D eigenvalue weighted by Gasteiger charge is 2.38. The van der Waals surface area contributed by atoms with E-state index in [1.807, 2.05) is 0 Å². The normalized spacial score (nSPS) is 13.8. The Labute approximate surface area is 90.7 Å². The molecule has 0 saturated carbocycles. The van der Waals surface area contributed by atoms with Gasteiger partial charge in [0, 0.05) is 25.4 Å². The van der Waals surface area contributed by atoms with E-state index in [1.165, 1.54) is 12.3 Å². The SMILES string of the molecule is Cc1ccn(CC(CN)C(F)(F)F)c(=O)c1. The van der Waals surface area contributed by atoms with Gasteiger partial charge in [0.15, 0.2) is 0 Å². The molecule has 0 aliphatic rings. The summed E-state index contributed by atoms with van der Waals surface area (Å²) < 4.78 is 38.3. The lowest BCUT2D eigenvalue weighted by molar-refractivity contribution is -0.175. The fourth-order valence-electron chi connectivity index (χ4n) is 1.31. The first-order chi connectivity index (χ1) is 7.34. The molecule has 2 N–H and O–H groups in total. The van der Waals surface area contributed by atoms with Crippen LogP contribution in [0.4, 0.5) is 13.2 Å². The van der Waals surface area contributed by atoms with Crippen LogP contribution in [0.15, 0.2) is 23.1 Å². The zero-order valence-corrected chi connectivity index (χ0v) is 8.79. The minimum absolute atomic E-state index is 0.431. The monoisotopic (exact) mass is 234 g/mol. The van der Waals surface area contributed by atoms with Crippen LogP contribution in [-0.4, -0.2) is 17.3 Å². The molecule has 16 heavy (non-hydrogen) atoms. The molecule has 1 rings (SSSR count). The largest absolute Gasteiger partial charge is 0.394 e. The molecule has 0 aliphatic carbocycles. The number of hydrogen-bond acceptors (Lipinski definition) is 2. The second-order valence-electron chi connectivity index (χ2n) is 3.67. The van der Waals surface area contributed by atoms with Crippen LogP contribution in [0, 0.1) is 12.8 Å². The molecule has 0 aromatic carbocycles. The van der Waals surface area contributed by atoms with Crippen molar-refractivity contribution in [2.45, 2.75) is 19.6 Å². The molecule has 0 fully saturated rings. The summed E-state index contributed by atoms with van der Waals surface area (Å²) in [5.41, 5.74) is 5.33. The summed E-state index contributed by atoms with van der Waals surface area (Å²) in [6.07, 6.45) is -3.02. The lowest BCUT2D eigenvalue weighted by Crippen LogP contribution is -2.36. The second kappa shape index (κ2) is 4.69. The van der Waals surface area contributed by atoms with Crippen molar-refractivity contribution in [3.8, 4) is 0 Å². The molecule has 0 bridgehead atoms. The van der Waals surface area contributed by atoms with Gasteiger partial charge in [0.25, 0.3) is 5.56 Å². The minimum Gasteiger partial charge on any atom is -0.330 e. The molecule has 1 aromatic heterocycles. The first kappa shape index (κ1) is 12.8. The van der Waals surface area contributed by atoms with Gasteiger partial charge in [0.2, 0.25) is 0 Å². The van der Waals surface area contributed by atoms with Crippen LogP contribution in [0.25, 0.3) is 0 Å². The fraction of sp³-hybridized carbons (Fsp3) is 0.500. The van der Waals surface area contributed by atoms with E-state index < -0.39 is 30.7 Å². The van der Waals surface area contributed by atoms with Crippen molar-refractivity contribution in [1.82, 2.24) is 4.57 Å². The molecule has 1 heterocycles. The van der Waals surface area contributed by atoms with E-state index in [0.29, 0.717) is 0 Å². The molecule has 0 radical (unpaired) electrons. The van der Waals surface area contributed by atoms with E-state index in [-0.39, 0.29) is 0 Å². The first-order valence-corrected chi connectivity index (χ1v) is 4.78. The van der Waals surface area contributed by atoms with Gasteiger partial charge in [-0.3, -0.25) is 4.79 Å². The van der Waals surface area contributed by atoms with E-state index in [4.69, 9.17) is 5.73 Å². The van der Waals surface area contributed by atoms with Crippen LogP contribution in [0.3, 0.4) is 0 Å². The Balaban J connectivity index is 2.91. The average molecular weight is 234 g/mol. The van der Waals surface area contributed by atoms with Crippen molar-refractivity contribution in [3.05, 3.63) is 34.2 Å². The van der Waals surface area contributed by atoms with Gasteiger partial charge in [0.05, 0.1) is 5.92 Å². The van der Waals surface area contributed by atoms with Gasteiger partial charge in [-0.15, -0.1) is 0 Å². The Hall–Kier alpha value is -1.30.